The minimum atomic E-state index is -4.36. The average Bonchev–Trinajstić information content (AvgIpc) is 2.96. The highest BCUT2D eigenvalue weighted by Gasteiger charge is 2.44. The lowest BCUT2D eigenvalue weighted by atomic mass is 9.94. The standard InChI is InChI=1S/C11H11ClF3N/c12-9-4-7(10(6-16)1-2-10)3-8(5-9)11(13,14)15/h3-5H,1-2,6,16H2. The van der Waals surface area contributed by atoms with Gasteiger partial charge in [0.25, 0.3) is 0 Å². The molecule has 0 atom stereocenters. The Labute approximate surface area is 96.4 Å². The van der Waals surface area contributed by atoms with E-state index in [0.717, 1.165) is 25.0 Å². The Balaban J connectivity index is 2.45. The Morgan fingerprint density at radius 3 is 2.31 bits per heavy atom. The van der Waals surface area contributed by atoms with E-state index in [-0.39, 0.29) is 10.4 Å². The molecule has 1 aromatic carbocycles. The highest BCUT2D eigenvalue weighted by atomic mass is 35.5. The summed E-state index contributed by atoms with van der Waals surface area (Å²) >= 11 is 5.71. The Morgan fingerprint density at radius 1 is 1.25 bits per heavy atom. The lowest BCUT2D eigenvalue weighted by Gasteiger charge is -2.16. The molecule has 1 aliphatic rings. The maximum Gasteiger partial charge on any atom is 0.416 e. The highest BCUT2D eigenvalue weighted by Crippen LogP contribution is 2.48. The van der Waals surface area contributed by atoms with Crippen molar-refractivity contribution in [2.24, 2.45) is 5.73 Å². The fraction of sp³-hybridized carbons (Fsp3) is 0.455. The van der Waals surface area contributed by atoms with Gasteiger partial charge in [0, 0.05) is 17.0 Å². The lowest BCUT2D eigenvalue weighted by molar-refractivity contribution is -0.137. The van der Waals surface area contributed by atoms with E-state index in [0.29, 0.717) is 12.1 Å². The van der Waals surface area contributed by atoms with Gasteiger partial charge in [-0.2, -0.15) is 13.2 Å². The van der Waals surface area contributed by atoms with Gasteiger partial charge in [0.05, 0.1) is 5.56 Å². The number of halogens is 4. The molecular formula is C11H11ClF3N. The van der Waals surface area contributed by atoms with E-state index in [1.54, 1.807) is 6.07 Å². The summed E-state index contributed by atoms with van der Waals surface area (Å²) in [4.78, 5) is 0. The molecule has 88 valence electrons. The van der Waals surface area contributed by atoms with Gasteiger partial charge in [-0.15, -0.1) is 0 Å². The molecular weight excluding hydrogens is 239 g/mol. The number of nitrogens with two attached hydrogens (primary N) is 1. The molecule has 0 amide bonds. The van der Waals surface area contributed by atoms with Crippen LogP contribution >= 0.6 is 11.6 Å². The Bertz CT molecular complexity index is 410. The SMILES string of the molecule is NCC1(c2cc(Cl)cc(C(F)(F)F)c2)CC1. The molecule has 0 saturated heterocycles. The zero-order valence-corrected chi connectivity index (χ0v) is 9.20. The topological polar surface area (TPSA) is 26.0 Å². The van der Waals surface area contributed by atoms with Crippen molar-refractivity contribution in [3.8, 4) is 0 Å². The van der Waals surface area contributed by atoms with Crippen molar-refractivity contribution in [2.75, 3.05) is 6.54 Å². The molecule has 1 nitrogen and oxygen atoms in total. The molecule has 0 bridgehead atoms. The summed E-state index contributed by atoms with van der Waals surface area (Å²) in [6.45, 7) is 0.366. The van der Waals surface area contributed by atoms with Crippen LogP contribution in [0.5, 0.6) is 0 Å². The van der Waals surface area contributed by atoms with Crippen LogP contribution in [0.3, 0.4) is 0 Å². The highest BCUT2D eigenvalue weighted by molar-refractivity contribution is 6.30. The summed E-state index contributed by atoms with van der Waals surface area (Å²) < 4.78 is 37.7. The minimum Gasteiger partial charge on any atom is -0.330 e. The van der Waals surface area contributed by atoms with Crippen LogP contribution in [0.1, 0.15) is 24.0 Å². The lowest BCUT2D eigenvalue weighted by Crippen LogP contribution is -2.20. The van der Waals surface area contributed by atoms with Crippen LogP contribution in [0.25, 0.3) is 0 Å². The second kappa shape index (κ2) is 3.64. The van der Waals surface area contributed by atoms with Crippen molar-refractivity contribution < 1.29 is 13.2 Å². The van der Waals surface area contributed by atoms with E-state index < -0.39 is 11.7 Å². The molecule has 1 fully saturated rings. The third kappa shape index (κ3) is 2.04. The van der Waals surface area contributed by atoms with Gasteiger partial charge in [0.15, 0.2) is 0 Å². The first kappa shape index (κ1) is 11.7. The predicted octanol–water partition coefficient (Wildman–Crippen LogP) is 3.35. The van der Waals surface area contributed by atoms with E-state index in [1.807, 2.05) is 0 Å². The summed E-state index contributed by atoms with van der Waals surface area (Å²) in [7, 11) is 0. The van der Waals surface area contributed by atoms with Crippen LogP contribution in [-0.4, -0.2) is 6.54 Å². The molecule has 0 aliphatic heterocycles. The quantitative estimate of drug-likeness (QED) is 0.855. The summed E-state index contributed by atoms with van der Waals surface area (Å²) in [5.74, 6) is 0. The van der Waals surface area contributed by atoms with E-state index in [1.165, 1.54) is 0 Å². The smallest absolute Gasteiger partial charge is 0.330 e. The molecule has 2 N–H and O–H groups in total. The molecule has 16 heavy (non-hydrogen) atoms. The summed E-state index contributed by atoms with van der Waals surface area (Å²) in [5.41, 5.74) is 5.22. The zero-order chi connectivity index (χ0) is 12.0. The Kier molecular flexibility index (Phi) is 2.67. The van der Waals surface area contributed by atoms with Gasteiger partial charge in [-0.05, 0) is 36.6 Å². The molecule has 5 heteroatoms. The summed E-state index contributed by atoms with van der Waals surface area (Å²) in [6.07, 6.45) is -2.69. The van der Waals surface area contributed by atoms with Crippen LogP contribution in [0.2, 0.25) is 5.02 Å². The number of rotatable bonds is 2. The van der Waals surface area contributed by atoms with Gasteiger partial charge >= 0.3 is 6.18 Å². The minimum absolute atomic E-state index is 0.115. The molecule has 0 unspecified atom stereocenters. The second-order valence-corrected chi connectivity index (χ2v) is 4.65. The first-order chi connectivity index (χ1) is 7.37. The summed E-state index contributed by atoms with van der Waals surface area (Å²) in [6, 6.07) is 3.68. The zero-order valence-electron chi connectivity index (χ0n) is 8.44. The van der Waals surface area contributed by atoms with Crippen molar-refractivity contribution in [3.05, 3.63) is 34.3 Å². The van der Waals surface area contributed by atoms with Crippen LogP contribution in [0.15, 0.2) is 18.2 Å². The van der Waals surface area contributed by atoms with E-state index >= 15 is 0 Å². The second-order valence-electron chi connectivity index (χ2n) is 4.21. The maximum atomic E-state index is 12.6. The largest absolute Gasteiger partial charge is 0.416 e. The van der Waals surface area contributed by atoms with Crippen molar-refractivity contribution in [3.63, 3.8) is 0 Å². The van der Waals surface area contributed by atoms with Crippen LogP contribution in [-0.2, 0) is 11.6 Å². The van der Waals surface area contributed by atoms with Crippen molar-refractivity contribution in [1.29, 1.82) is 0 Å². The predicted molar refractivity (Wildman–Crippen MR) is 56.4 cm³/mol. The van der Waals surface area contributed by atoms with Crippen LogP contribution in [0.4, 0.5) is 13.2 Å². The number of benzene rings is 1. The first-order valence-electron chi connectivity index (χ1n) is 4.96. The Hall–Kier alpha value is -0.740. The van der Waals surface area contributed by atoms with E-state index in [2.05, 4.69) is 0 Å². The molecule has 1 aromatic rings. The molecule has 1 aliphatic carbocycles. The molecule has 0 heterocycles. The van der Waals surface area contributed by atoms with E-state index in [9.17, 15) is 13.2 Å². The number of hydrogen-bond acceptors (Lipinski definition) is 1. The van der Waals surface area contributed by atoms with Gasteiger partial charge in [-0.25, -0.2) is 0 Å². The van der Waals surface area contributed by atoms with Gasteiger partial charge in [-0.1, -0.05) is 11.6 Å². The van der Waals surface area contributed by atoms with E-state index in [4.69, 9.17) is 17.3 Å². The third-order valence-corrected chi connectivity index (χ3v) is 3.30. The fourth-order valence-electron chi connectivity index (χ4n) is 1.82. The molecule has 0 radical (unpaired) electrons. The number of hydrogen-bond donors (Lipinski definition) is 1. The van der Waals surface area contributed by atoms with Gasteiger partial charge in [-0.3, -0.25) is 0 Å². The Morgan fingerprint density at radius 2 is 1.88 bits per heavy atom. The third-order valence-electron chi connectivity index (χ3n) is 3.08. The van der Waals surface area contributed by atoms with Crippen molar-refractivity contribution >= 4 is 11.6 Å². The van der Waals surface area contributed by atoms with Gasteiger partial charge in [0.2, 0.25) is 0 Å². The molecule has 1 saturated carbocycles. The molecule has 0 spiro atoms. The van der Waals surface area contributed by atoms with Crippen LogP contribution < -0.4 is 5.73 Å². The van der Waals surface area contributed by atoms with Gasteiger partial charge in [0.1, 0.15) is 0 Å². The van der Waals surface area contributed by atoms with Gasteiger partial charge < -0.3 is 5.73 Å². The van der Waals surface area contributed by atoms with Crippen molar-refractivity contribution in [1.82, 2.24) is 0 Å². The molecule has 2 rings (SSSR count). The molecule has 0 aromatic heterocycles. The maximum absolute atomic E-state index is 12.6. The number of alkyl halides is 3. The fourth-order valence-corrected chi connectivity index (χ4v) is 2.06. The van der Waals surface area contributed by atoms with Crippen LogP contribution in [0, 0.1) is 0 Å². The summed E-state index contributed by atoms with van der Waals surface area (Å²) in [5, 5.41) is 0.115. The first-order valence-corrected chi connectivity index (χ1v) is 5.33. The average molecular weight is 250 g/mol. The normalized spacial score (nSPS) is 18.6. The monoisotopic (exact) mass is 249 g/mol. The van der Waals surface area contributed by atoms with Crippen molar-refractivity contribution in [2.45, 2.75) is 24.4 Å².